The largest absolute Gasteiger partial charge is 0.352 e. The zero-order chi connectivity index (χ0) is 16.4. The molecule has 1 aliphatic heterocycles. The minimum Gasteiger partial charge on any atom is -0.352 e. The lowest BCUT2D eigenvalue weighted by atomic mass is 9.95. The lowest BCUT2D eigenvalue weighted by Gasteiger charge is -2.36. The minimum atomic E-state index is 0.144. The van der Waals surface area contributed by atoms with Gasteiger partial charge in [-0.05, 0) is 24.3 Å². The summed E-state index contributed by atoms with van der Waals surface area (Å²) in [7, 11) is 0. The number of likely N-dealkylation sites (tertiary alicyclic amines) is 1. The highest BCUT2D eigenvalue weighted by Crippen LogP contribution is 2.28. The van der Waals surface area contributed by atoms with Gasteiger partial charge >= 0.3 is 0 Å². The minimum absolute atomic E-state index is 0.144. The molecule has 0 unspecified atom stereocenters. The Morgan fingerprint density at radius 2 is 2.17 bits per heavy atom. The van der Waals surface area contributed by atoms with Crippen LogP contribution in [0, 0.1) is 0 Å². The van der Waals surface area contributed by atoms with Crippen molar-refractivity contribution in [3.63, 3.8) is 0 Å². The second-order valence-corrected chi connectivity index (χ2v) is 7.67. The summed E-state index contributed by atoms with van der Waals surface area (Å²) in [5, 5.41) is 9.22. The van der Waals surface area contributed by atoms with Crippen LogP contribution in [0.1, 0.15) is 43.9 Å². The first-order valence-electron chi connectivity index (χ1n) is 8.67. The van der Waals surface area contributed by atoms with Crippen molar-refractivity contribution >= 4 is 17.2 Å². The molecule has 2 aromatic heterocycles. The van der Waals surface area contributed by atoms with Crippen LogP contribution in [0.25, 0.3) is 10.7 Å². The van der Waals surface area contributed by atoms with Crippen molar-refractivity contribution < 1.29 is 9.32 Å². The van der Waals surface area contributed by atoms with E-state index in [1.54, 1.807) is 11.3 Å². The van der Waals surface area contributed by atoms with Crippen LogP contribution in [0.3, 0.4) is 0 Å². The number of nitrogens with one attached hydrogen (secondary N) is 1. The van der Waals surface area contributed by atoms with E-state index < -0.39 is 0 Å². The molecule has 1 amide bonds. The first kappa shape index (κ1) is 15.8. The van der Waals surface area contributed by atoms with Gasteiger partial charge in [-0.2, -0.15) is 4.98 Å². The molecule has 4 rings (SSSR count). The highest BCUT2D eigenvalue weighted by molar-refractivity contribution is 7.13. The molecule has 1 saturated heterocycles. The third-order valence-electron chi connectivity index (χ3n) is 4.83. The van der Waals surface area contributed by atoms with Gasteiger partial charge in [0.2, 0.25) is 17.6 Å². The van der Waals surface area contributed by atoms with E-state index in [1.807, 2.05) is 17.5 Å². The molecule has 2 fully saturated rings. The average Bonchev–Trinajstić information content (AvgIpc) is 3.22. The molecule has 6 nitrogen and oxygen atoms in total. The van der Waals surface area contributed by atoms with E-state index >= 15 is 0 Å². The summed E-state index contributed by atoms with van der Waals surface area (Å²) < 4.78 is 5.39. The van der Waals surface area contributed by atoms with E-state index in [0.717, 1.165) is 30.8 Å². The molecule has 0 bridgehead atoms. The smallest absolute Gasteiger partial charge is 0.234 e. The quantitative estimate of drug-likeness (QED) is 0.901. The van der Waals surface area contributed by atoms with E-state index in [9.17, 15) is 4.79 Å². The monoisotopic (exact) mass is 346 g/mol. The maximum Gasteiger partial charge on any atom is 0.234 e. The molecule has 2 aromatic rings. The maximum atomic E-state index is 12.1. The predicted octanol–water partition coefficient (Wildman–Crippen LogP) is 2.65. The van der Waals surface area contributed by atoms with Crippen molar-refractivity contribution in [3.8, 4) is 10.7 Å². The van der Waals surface area contributed by atoms with Gasteiger partial charge in [0.1, 0.15) is 0 Å². The van der Waals surface area contributed by atoms with Crippen molar-refractivity contribution in [2.45, 2.75) is 44.1 Å². The second-order valence-electron chi connectivity index (χ2n) is 6.73. The molecule has 0 spiro atoms. The van der Waals surface area contributed by atoms with Crippen LogP contribution < -0.4 is 5.32 Å². The molecule has 1 aliphatic carbocycles. The van der Waals surface area contributed by atoms with Gasteiger partial charge in [0.05, 0.1) is 17.3 Å². The van der Waals surface area contributed by atoms with Crippen molar-refractivity contribution in [2.75, 3.05) is 19.6 Å². The number of hydrogen-bond donors (Lipinski definition) is 1. The lowest BCUT2D eigenvalue weighted by Crippen LogP contribution is -2.51. The zero-order valence-corrected chi connectivity index (χ0v) is 14.4. The van der Waals surface area contributed by atoms with Gasteiger partial charge in [0.25, 0.3) is 0 Å². The number of thiophene rings is 1. The van der Waals surface area contributed by atoms with Gasteiger partial charge < -0.3 is 9.84 Å². The Morgan fingerprint density at radius 3 is 2.92 bits per heavy atom. The molecule has 24 heavy (non-hydrogen) atoms. The standard InChI is InChI=1S/C17H22N4O2S/c22-15(18-13-5-2-1-3-6-13)11-21-9-12(10-21)17-19-16(20-23-17)14-7-4-8-24-14/h4,7-8,12-13H,1-3,5-6,9-11H2,(H,18,22). The molecule has 1 saturated carbocycles. The summed E-state index contributed by atoms with van der Waals surface area (Å²) in [6.45, 7) is 2.09. The van der Waals surface area contributed by atoms with Gasteiger partial charge in [0, 0.05) is 19.1 Å². The van der Waals surface area contributed by atoms with Crippen molar-refractivity contribution in [3.05, 3.63) is 23.4 Å². The van der Waals surface area contributed by atoms with Crippen molar-refractivity contribution in [1.82, 2.24) is 20.4 Å². The third kappa shape index (κ3) is 3.52. The van der Waals surface area contributed by atoms with Crippen LogP contribution in [0.15, 0.2) is 22.0 Å². The van der Waals surface area contributed by atoms with Crippen molar-refractivity contribution in [2.24, 2.45) is 0 Å². The lowest BCUT2D eigenvalue weighted by molar-refractivity contribution is -0.124. The van der Waals surface area contributed by atoms with Gasteiger partial charge in [-0.1, -0.05) is 30.5 Å². The molecule has 128 valence electrons. The maximum absolute atomic E-state index is 12.1. The summed E-state index contributed by atoms with van der Waals surface area (Å²) in [5.41, 5.74) is 0. The Bertz CT molecular complexity index is 673. The van der Waals surface area contributed by atoms with Gasteiger partial charge in [-0.15, -0.1) is 11.3 Å². The first-order chi connectivity index (χ1) is 11.8. The molecule has 0 aromatic carbocycles. The van der Waals surface area contributed by atoms with Crippen LogP contribution in [0.5, 0.6) is 0 Å². The number of hydrogen-bond acceptors (Lipinski definition) is 6. The molecule has 0 atom stereocenters. The molecule has 0 radical (unpaired) electrons. The number of carbonyl (C=O) groups is 1. The van der Waals surface area contributed by atoms with E-state index in [2.05, 4.69) is 20.4 Å². The Morgan fingerprint density at radius 1 is 1.33 bits per heavy atom. The summed E-state index contributed by atoms with van der Waals surface area (Å²) in [4.78, 5) is 19.8. The third-order valence-corrected chi connectivity index (χ3v) is 5.69. The van der Waals surface area contributed by atoms with E-state index in [0.29, 0.717) is 24.3 Å². The van der Waals surface area contributed by atoms with Crippen LogP contribution >= 0.6 is 11.3 Å². The van der Waals surface area contributed by atoms with Crippen LogP contribution in [0.2, 0.25) is 0 Å². The molecular weight excluding hydrogens is 324 g/mol. The summed E-state index contributed by atoms with van der Waals surface area (Å²) >= 11 is 1.60. The predicted molar refractivity (Wildman–Crippen MR) is 91.8 cm³/mol. The fraction of sp³-hybridized carbons (Fsp3) is 0.588. The fourth-order valence-electron chi connectivity index (χ4n) is 3.49. The van der Waals surface area contributed by atoms with Gasteiger partial charge in [-0.3, -0.25) is 9.69 Å². The molecular formula is C17H22N4O2S. The number of rotatable bonds is 5. The zero-order valence-electron chi connectivity index (χ0n) is 13.6. The number of amides is 1. The van der Waals surface area contributed by atoms with Gasteiger partial charge in [0.15, 0.2) is 0 Å². The van der Waals surface area contributed by atoms with E-state index in [-0.39, 0.29) is 11.8 Å². The topological polar surface area (TPSA) is 71.3 Å². The summed E-state index contributed by atoms with van der Waals surface area (Å²) in [6.07, 6.45) is 6.03. The fourth-order valence-corrected chi connectivity index (χ4v) is 4.13. The average molecular weight is 346 g/mol. The number of aromatic nitrogens is 2. The van der Waals surface area contributed by atoms with Crippen LogP contribution in [0.4, 0.5) is 0 Å². The second kappa shape index (κ2) is 7.03. The normalized spacial score (nSPS) is 20.0. The SMILES string of the molecule is O=C(CN1CC(c2nc(-c3cccs3)no2)C1)NC1CCCCC1. The highest BCUT2D eigenvalue weighted by atomic mass is 32.1. The Balaban J connectivity index is 1.24. The first-order valence-corrected chi connectivity index (χ1v) is 9.55. The van der Waals surface area contributed by atoms with Crippen LogP contribution in [-0.2, 0) is 4.79 Å². The Kier molecular flexibility index (Phi) is 4.62. The van der Waals surface area contributed by atoms with E-state index in [1.165, 1.54) is 19.3 Å². The molecule has 2 aliphatic rings. The Hall–Kier alpha value is -1.73. The molecule has 7 heteroatoms. The summed E-state index contributed by atoms with van der Waals surface area (Å²) in [6, 6.07) is 4.35. The molecule has 1 N–H and O–H groups in total. The molecule has 3 heterocycles. The number of carbonyl (C=O) groups excluding carboxylic acids is 1. The Labute approximate surface area is 145 Å². The van der Waals surface area contributed by atoms with Crippen LogP contribution in [-0.4, -0.2) is 46.6 Å². The van der Waals surface area contributed by atoms with Gasteiger partial charge in [-0.25, -0.2) is 0 Å². The summed E-state index contributed by atoms with van der Waals surface area (Å²) in [5.74, 6) is 1.73. The van der Waals surface area contributed by atoms with Crippen molar-refractivity contribution in [1.29, 1.82) is 0 Å². The highest BCUT2D eigenvalue weighted by Gasteiger charge is 2.34. The van der Waals surface area contributed by atoms with E-state index in [4.69, 9.17) is 4.52 Å². The number of nitrogens with zero attached hydrogens (tertiary/aromatic N) is 3.